The van der Waals surface area contributed by atoms with Gasteiger partial charge < -0.3 is 20.5 Å². The van der Waals surface area contributed by atoms with Crippen molar-refractivity contribution in [2.45, 2.75) is 6.54 Å². The maximum atomic E-state index is 12.4. The Kier molecular flexibility index (Phi) is 4.33. The van der Waals surface area contributed by atoms with Gasteiger partial charge in [0.2, 0.25) is 0 Å². The Morgan fingerprint density at radius 1 is 0.929 bits per heavy atom. The monoisotopic (exact) mass is 375 g/mol. The number of phenolic OH excluding ortho intramolecular Hbond substituents is 2. The summed E-state index contributed by atoms with van der Waals surface area (Å²) in [6, 6.07) is 13.6. The number of amides is 2. The van der Waals surface area contributed by atoms with Crippen LogP contribution in [0.25, 0.3) is 16.8 Å². The molecule has 0 unspecified atom stereocenters. The van der Waals surface area contributed by atoms with E-state index >= 15 is 0 Å². The van der Waals surface area contributed by atoms with Crippen LogP contribution in [-0.4, -0.2) is 27.0 Å². The van der Waals surface area contributed by atoms with E-state index in [0.29, 0.717) is 23.2 Å². The molecule has 2 aromatic carbocycles. The number of benzene rings is 2. The Bertz CT molecular complexity index is 1100. The van der Waals surface area contributed by atoms with Gasteiger partial charge >= 0.3 is 0 Å². The summed E-state index contributed by atoms with van der Waals surface area (Å²) >= 11 is 0. The molecule has 1 aromatic heterocycles. The van der Waals surface area contributed by atoms with Crippen molar-refractivity contribution in [1.29, 1.82) is 0 Å². The van der Waals surface area contributed by atoms with E-state index in [9.17, 15) is 19.8 Å². The number of nitrogens with one attached hydrogen (secondary N) is 3. The van der Waals surface area contributed by atoms with Crippen LogP contribution in [0.15, 0.2) is 60.9 Å². The van der Waals surface area contributed by atoms with Crippen molar-refractivity contribution in [3.8, 4) is 22.8 Å². The Hall–Kier alpha value is -4.00. The predicted molar refractivity (Wildman–Crippen MR) is 103 cm³/mol. The number of phenols is 2. The van der Waals surface area contributed by atoms with Gasteiger partial charge in [0.25, 0.3) is 11.8 Å². The normalized spacial score (nSPS) is 14.6. The highest BCUT2D eigenvalue weighted by Gasteiger charge is 2.27. The zero-order valence-corrected chi connectivity index (χ0v) is 14.7. The van der Waals surface area contributed by atoms with Crippen molar-refractivity contribution in [3.63, 3.8) is 0 Å². The number of aromatic nitrogens is 1. The zero-order valence-electron chi connectivity index (χ0n) is 14.7. The zero-order chi connectivity index (χ0) is 19.7. The van der Waals surface area contributed by atoms with Crippen LogP contribution in [0.2, 0.25) is 0 Å². The van der Waals surface area contributed by atoms with E-state index in [-0.39, 0.29) is 11.5 Å². The minimum absolute atomic E-state index is 0.196. The summed E-state index contributed by atoms with van der Waals surface area (Å²) in [5.74, 6) is -1.33. The van der Waals surface area contributed by atoms with E-state index in [4.69, 9.17) is 0 Å². The standard InChI is InChI=1S/C21H17N3O4/c25-18-6-3-12(8-19(18)26)10-22-11-16-15-9-13(17-2-1-7-23-17)4-5-14(15)20(27)24-21(16)28/h1-9,11,22-23,25-26H,10H2,(H,24,27,28). The number of hydrogen-bond acceptors (Lipinski definition) is 5. The highest BCUT2D eigenvalue weighted by molar-refractivity contribution is 6.31. The third-order valence-corrected chi connectivity index (χ3v) is 4.53. The number of fused-ring (bicyclic) bond motifs is 1. The molecule has 0 fully saturated rings. The van der Waals surface area contributed by atoms with Crippen molar-refractivity contribution in [1.82, 2.24) is 15.6 Å². The van der Waals surface area contributed by atoms with Crippen LogP contribution in [0.3, 0.4) is 0 Å². The van der Waals surface area contributed by atoms with E-state index < -0.39 is 11.8 Å². The summed E-state index contributed by atoms with van der Waals surface area (Å²) in [6.45, 7) is 0.324. The molecule has 28 heavy (non-hydrogen) atoms. The van der Waals surface area contributed by atoms with E-state index in [1.165, 1.54) is 12.1 Å². The smallest absolute Gasteiger partial charge is 0.260 e. The number of aromatic amines is 1. The maximum Gasteiger partial charge on any atom is 0.260 e. The molecular weight excluding hydrogens is 358 g/mol. The molecule has 0 spiro atoms. The van der Waals surface area contributed by atoms with Crippen molar-refractivity contribution >= 4 is 17.4 Å². The van der Waals surface area contributed by atoms with Gasteiger partial charge in [-0.05, 0) is 47.5 Å². The second kappa shape index (κ2) is 6.96. The van der Waals surface area contributed by atoms with Crippen molar-refractivity contribution in [3.05, 3.63) is 77.6 Å². The molecule has 3 aromatic rings. The molecule has 0 aliphatic carbocycles. The number of aromatic hydroxyl groups is 2. The van der Waals surface area contributed by atoms with E-state index in [2.05, 4.69) is 15.6 Å². The Labute approximate surface area is 160 Å². The first kappa shape index (κ1) is 17.4. The molecule has 0 atom stereocenters. The van der Waals surface area contributed by atoms with Gasteiger partial charge in [-0.3, -0.25) is 14.9 Å². The maximum absolute atomic E-state index is 12.4. The van der Waals surface area contributed by atoms with Crippen LogP contribution in [0.1, 0.15) is 21.5 Å². The third-order valence-electron chi connectivity index (χ3n) is 4.53. The summed E-state index contributed by atoms with van der Waals surface area (Å²) in [5.41, 5.74) is 3.77. The van der Waals surface area contributed by atoms with Crippen LogP contribution in [-0.2, 0) is 11.3 Å². The van der Waals surface area contributed by atoms with E-state index in [1.54, 1.807) is 30.6 Å². The van der Waals surface area contributed by atoms with Crippen LogP contribution >= 0.6 is 0 Å². The number of carbonyl (C=O) groups is 2. The molecular formula is C21H17N3O4. The van der Waals surface area contributed by atoms with E-state index in [0.717, 1.165) is 16.8 Å². The number of H-pyrrole nitrogens is 1. The number of imide groups is 1. The van der Waals surface area contributed by atoms with Crippen molar-refractivity contribution in [2.24, 2.45) is 0 Å². The highest BCUT2D eigenvalue weighted by atomic mass is 16.3. The SMILES string of the molecule is O=C1NC(=O)c2ccc(-c3ccc[nH]3)cc2C1=CNCc1ccc(O)c(O)c1. The van der Waals surface area contributed by atoms with Crippen molar-refractivity contribution < 1.29 is 19.8 Å². The van der Waals surface area contributed by atoms with Gasteiger partial charge in [-0.2, -0.15) is 0 Å². The first-order valence-electron chi connectivity index (χ1n) is 8.61. The Morgan fingerprint density at radius 2 is 1.79 bits per heavy atom. The lowest BCUT2D eigenvalue weighted by molar-refractivity contribution is -0.114. The predicted octanol–water partition coefficient (Wildman–Crippen LogP) is 2.49. The van der Waals surface area contributed by atoms with Gasteiger partial charge in [-0.25, -0.2) is 0 Å². The molecule has 0 saturated heterocycles. The van der Waals surface area contributed by atoms with Gasteiger partial charge in [0.05, 0.1) is 5.57 Å². The molecule has 2 amide bonds. The average Bonchev–Trinajstić information content (AvgIpc) is 3.21. The van der Waals surface area contributed by atoms with Crippen molar-refractivity contribution in [2.75, 3.05) is 0 Å². The molecule has 0 radical (unpaired) electrons. The second-order valence-electron chi connectivity index (χ2n) is 6.39. The van der Waals surface area contributed by atoms with Gasteiger partial charge in [0.15, 0.2) is 11.5 Å². The second-order valence-corrected chi connectivity index (χ2v) is 6.39. The van der Waals surface area contributed by atoms with Crippen LogP contribution in [0, 0.1) is 0 Å². The van der Waals surface area contributed by atoms with Gasteiger partial charge in [0, 0.05) is 35.8 Å². The summed E-state index contributed by atoms with van der Waals surface area (Å²) in [7, 11) is 0. The fourth-order valence-electron chi connectivity index (χ4n) is 3.10. The van der Waals surface area contributed by atoms with Gasteiger partial charge in [-0.1, -0.05) is 12.1 Å². The summed E-state index contributed by atoms with van der Waals surface area (Å²) < 4.78 is 0. The first-order chi connectivity index (χ1) is 13.5. The number of carbonyl (C=O) groups excluding carboxylic acids is 2. The Balaban J connectivity index is 1.65. The molecule has 7 nitrogen and oxygen atoms in total. The average molecular weight is 375 g/mol. The molecule has 2 heterocycles. The fraction of sp³-hybridized carbons (Fsp3) is 0.0476. The summed E-state index contributed by atoms with van der Waals surface area (Å²) in [4.78, 5) is 27.7. The Morgan fingerprint density at radius 3 is 2.54 bits per heavy atom. The number of rotatable bonds is 4. The van der Waals surface area contributed by atoms with Crippen LogP contribution in [0.5, 0.6) is 11.5 Å². The topological polar surface area (TPSA) is 114 Å². The minimum atomic E-state index is -0.484. The molecule has 140 valence electrons. The lowest BCUT2D eigenvalue weighted by atomic mass is 9.93. The summed E-state index contributed by atoms with van der Waals surface area (Å²) in [6.07, 6.45) is 3.35. The largest absolute Gasteiger partial charge is 0.504 e. The highest BCUT2D eigenvalue weighted by Crippen LogP contribution is 2.29. The first-order valence-corrected chi connectivity index (χ1v) is 8.61. The van der Waals surface area contributed by atoms with E-state index in [1.807, 2.05) is 18.2 Å². The summed E-state index contributed by atoms with van der Waals surface area (Å²) in [5, 5.41) is 24.3. The molecule has 0 bridgehead atoms. The minimum Gasteiger partial charge on any atom is -0.504 e. The van der Waals surface area contributed by atoms with Gasteiger partial charge in [0.1, 0.15) is 0 Å². The quantitative estimate of drug-likeness (QED) is 0.273. The molecule has 0 saturated carbocycles. The fourth-order valence-corrected chi connectivity index (χ4v) is 3.10. The molecule has 1 aliphatic rings. The molecule has 7 heteroatoms. The molecule has 1 aliphatic heterocycles. The lowest BCUT2D eigenvalue weighted by Crippen LogP contribution is -2.37. The molecule has 4 rings (SSSR count). The lowest BCUT2D eigenvalue weighted by Gasteiger charge is -2.19. The number of hydrogen-bond donors (Lipinski definition) is 5. The van der Waals surface area contributed by atoms with Gasteiger partial charge in [-0.15, -0.1) is 0 Å². The van der Waals surface area contributed by atoms with Crippen LogP contribution in [0.4, 0.5) is 0 Å². The molecule has 5 N–H and O–H groups in total. The van der Waals surface area contributed by atoms with Crippen LogP contribution < -0.4 is 10.6 Å². The third kappa shape index (κ3) is 3.21.